The number of halogens is 1. The average Bonchev–Trinajstić information content (AvgIpc) is 3.54. The minimum Gasteiger partial charge on any atom is -0.465 e. The number of aromatic nitrogens is 3. The van der Waals surface area contributed by atoms with Gasteiger partial charge in [-0.2, -0.15) is 5.26 Å². The standard InChI is InChI=1S/C28H26FN7O2S/c1-4-21-27(34(3)28-32-26(23(15-30)39-28)18-8-11-20(29)12-9-18)36-16-19(10-13-24(36)31-21)22-7-6-14-35(33-22)17-25(37)38-5-2/h6-14,16,33H,4-5,17H2,1-3H3. The van der Waals surface area contributed by atoms with E-state index in [1.165, 1.54) is 23.5 Å². The molecule has 0 aliphatic carbocycles. The Balaban J connectivity index is 1.50. The first-order chi connectivity index (χ1) is 18.9. The Morgan fingerprint density at radius 2 is 1.95 bits per heavy atom. The molecule has 0 amide bonds. The molecule has 39 heavy (non-hydrogen) atoms. The number of carbonyl (C=O) groups is 1. The van der Waals surface area contributed by atoms with Crippen LogP contribution in [0, 0.1) is 17.1 Å². The minimum atomic E-state index is -0.346. The van der Waals surface area contributed by atoms with E-state index in [-0.39, 0.29) is 18.3 Å². The molecule has 0 saturated carbocycles. The number of anilines is 2. The van der Waals surface area contributed by atoms with Gasteiger partial charge in [-0.15, -0.1) is 0 Å². The van der Waals surface area contributed by atoms with E-state index in [0.717, 1.165) is 28.4 Å². The number of nitriles is 1. The van der Waals surface area contributed by atoms with Crippen LogP contribution in [0.5, 0.6) is 0 Å². The maximum absolute atomic E-state index is 13.5. The van der Waals surface area contributed by atoms with Gasteiger partial charge in [-0.1, -0.05) is 18.3 Å². The highest BCUT2D eigenvalue weighted by Crippen LogP contribution is 2.37. The number of imidazole rings is 1. The van der Waals surface area contributed by atoms with E-state index in [0.29, 0.717) is 34.3 Å². The predicted octanol–water partition coefficient (Wildman–Crippen LogP) is 5.04. The average molecular weight is 544 g/mol. The lowest BCUT2D eigenvalue weighted by Gasteiger charge is -2.26. The van der Waals surface area contributed by atoms with Crippen LogP contribution in [0.25, 0.3) is 22.6 Å². The number of benzene rings is 1. The van der Waals surface area contributed by atoms with Crippen molar-refractivity contribution in [3.63, 3.8) is 0 Å². The summed E-state index contributed by atoms with van der Waals surface area (Å²) in [5.41, 5.74) is 7.78. The first-order valence-electron chi connectivity index (χ1n) is 12.4. The van der Waals surface area contributed by atoms with E-state index in [9.17, 15) is 14.4 Å². The molecule has 5 rings (SSSR count). The molecule has 1 aliphatic heterocycles. The van der Waals surface area contributed by atoms with Gasteiger partial charge < -0.3 is 9.64 Å². The summed E-state index contributed by atoms with van der Waals surface area (Å²) in [7, 11) is 1.89. The topological polar surface area (TPSA) is 98.8 Å². The number of pyridine rings is 1. The van der Waals surface area contributed by atoms with Gasteiger partial charge in [-0.3, -0.25) is 19.6 Å². The number of nitrogens with zero attached hydrogens (tertiary/aromatic N) is 6. The summed E-state index contributed by atoms with van der Waals surface area (Å²) in [6.45, 7) is 4.21. The van der Waals surface area contributed by atoms with E-state index in [1.54, 1.807) is 30.3 Å². The van der Waals surface area contributed by atoms with Gasteiger partial charge in [-0.25, -0.2) is 14.4 Å². The minimum absolute atomic E-state index is 0.0740. The Morgan fingerprint density at radius 3 is 2.67 bits per heavy atom. The van der Waals surface area contributed by atoms with Gasteiger partial charge in [0.1, 0.15) is 40.5 Å². The Labute approximate surface area is 229 Å². The molecule has 1 aliphatic rings. The molecule has 0 atom stereocenters. The third-order valence-corrected chi connectivity index (χ3v) is 7.18. The second-order valence-electron chi connectivity index (χ2n) is 8.70. The first-order valence-corrected chi connectivity index (χ1v) is 13.2. The Morgan fingerprint density at radius 1 is 1.18 bits per heavy atom. The van der Waals surface area contributed by atoms with E-state index in [2.05, 4.69) is 11.5 Å². The molecule has 4 aromatic rings. The highest BCUT2D eigenvalue weighted by atomic mass is 32.1. The number of nitrogens with one attached hydrogen (secondary N) is 1. The van der Waals surface area contributed by atoms with Crippen molar-refractivity contribution >= 4 is 39.6 Å². The molecular weight excluding hydrogens is 517 g/mol. The monoisotopic (exact) mass is 543 g/mol. The molecular formula is C28H26FN7O2S. The third-order valence-electron chi connectivity index (χ3n) is 6.15. The number of fused-ring (bicyclic) bond motifs is 1. The molecule has 1 N–H and O–H groups in total. The number of carbonyl (C=O) groups excluding carboxylic acids is 1. The number of rotatable bonds is 8. The van der Waals surface area contributed by atoms with Gasteiger partial charge in [-0.05, 0) is 61.9 Å². The molecule has 4 heterocycles. The van der Waals surface area contributed by atoms with Crippen molar-refractivity contribution in [2.75, 3.05) is 25.1 Å². The van der Waals surface area contributed by atoms with E-state index in [4.69, 9.17) is 14.7 Å². The number of hydrogen-bond acceptors (Lipinski definition) is 9. The quantitative estimate of drug-likeness (QED) is 0.309. The van der Waals surface area contributed by atoms with Crippen molar-refractivity contribution < 1.29 is 13.9 Å². The van der Waals surface area contributed by atoms with Crippen LogP contribution in [0.15, 0.2) is 60.9 Å². The van der Waals surface area contributed by atoms with E-state index < -0.39 is 0 Å². The Kier molecular flexibility index (Phi) is 7.29. The lowest BCUT2D eigenvalue weighted by atomic mass is 10.1. The predicted molar refractivity (Wildman–Crippen MR) is 148 cm³/mol. The molecule has 0 bridgehead atoms. The van der Waals surface area contributed by atoms with Crippen LogP contribution < -0.4 is 10.3 Å². The van der Waals surface area contributed by atoms with Crippen molar-refractivity contribution in [3.05, 3.63) is 82.9 Å². The summed E-state index contributed by atoms with van der Waals surface area (Å²) < 4.78 is 20.5. The number of ether oxygens (including phenoxy) is 1. The molecule has 1 aromatic carbocycles. The number of allylic oxidation sites excluding steroid dienone is 2. The summed E-state index contributed by atoms with van der Waals surface area (Å²) >= 11 is 1.27. The van der Waals surface area contributed by atoms with Crippen LogP contribution in [-0.4, -0.2) is 45.5 Å². The van der Waals surface area contributed by atoms with Crippen LogP contribution in [0.4, 0.5) is 15.3 Å². The highest BCUT2D eigenvalue weighted by molar-refractivity contribution is 7.16. The van der Waals surface area contributed by atoms with Gasteiger partial charge in [0.05, 0.1) is 18.0 Å². The van der Waals surface area contributed by atoms with Crippen molar-refractivity contribution in [1.29, 1.82) is 5.26 Å². The second-order valence-corrected chi connectivity index (χ2v) is 9.68. The Hall–Kier alpha value is -4.69. The van der Waals surface area contributed by atoms with Crippen molar-refractivity contribution in [1.82, 2.24) is 24.8 Å². The largest absolute Gasteiger partial charge is 0.465 e. The van der Waals surface area contributed by atoms with Crippen LogP contribution >= 0.6 is 11.3 Å². The molecule has 11 heteroatoms. The maximum Gasteiger partial charge on any atom is 0.327 e. The maximum atomic E-state index is 13.5. The zero-order valence-electron chi connectivity index (χ0n) is 21.7. The van der Waals surface area contributed by atoms with Crippen molar-refractivity contribution in [2.24, 2.45) is 0 Å². The fourth-order valence-electron chi connectivity index (χ4n) is 4.33. The molecule has 3 aromatic heterocycles. The summed E-state index contributed by atoms with van der Waals surface area (Å²) in [6, 6.07) is 12.1. The number of aryl methyl sites for hydroxylation is 1. The molecule has 0 fully saturated rings. The zero-order chi connectivity index (χ0) is 27.5. The normalized spacial score (nSPS) is 12.7. The van der Waals surface area contributed by atoms with E-state index >= 15 is 0 Å². The van der Waals surface area contributed by atoms with Crippen LogP contribution in [0.2, 0.25) is 0 Å². The van der Waals surface area contributed by atoms with Gasteiger partial charge in [0.25, 0.3) is 0 Å². The molecule has 0 saturated heterocycles. The van der Waals surface area contributed by atoms with Crippen LogP contribution in [-0.2, 0) is 16.0 Å². The fourth-order valence-corrected chi connectivity index (χ4v) is 5.17. The van der Waals surface area contributed by atoms with Gasteiger partial charge in [0.15, 0.2) is 5.13 Å². The molecule has 9 nitrogen and oxygen atoms in total. The zero-order valence-corrected chi connectivity index (χ0v) is 22.5. The smallest absolute Gasteiger partial charge is 0.327 e. The summed E-state index contributed by atoms with van der Waals surface area (Å²) in [6.07, 6.45) is 8.24. The molecule has 0 unspecified atom stereocenters. The van der Waals surface area contributed by atoms with Crippen LogP contribution in [0.3, 0.4) is 0 Å². The summed E-state index contributed by atoms with van der Waals surface area (Å²) in [5, 5.41) is 12.1. The summed E-state index contributed by atoms with van der Waals surface area (Å²) in [5.74, 6) is 0.159. The lowest BCUT2D eigenvalue weighted by Crippen LogP contribution is -2.38. The Bertz CT molecular complexity index is 1630. The fraction of sp³-hybridized carbons (Fsp3) is 0.214. The number of hydrogen-bond donors (Lipinski definition) is 1. The highest BCUT2D eigenvalue weighted by Gasteiger charge is 2.22. The van der Waals surface area contributed by atoms with Crippen LogP contribution in [0.1, 0.15) is 30.0 Å². The second kappa shape index (κ2) is 11.0. The van der Waals surface area contributed by atoms with Crippen molar-refractivity contribution in [2.45, 2.75) is 20.3 Å². The molecule has 0 radical (unpaired) electrons. The number of hydrazine groups is 1. The lowest BCUT2D eigenvalue weighted by molar-refractivity contribution is -0.144. The van der Waals surface area contributed by atoms with Gasteiger partial charge in [0.2, 0.25) is 0 Å². The van der Waals surface area contributed by atoms with E-state index in [1.807, 2.05) is 53.8 Å². The molecule has 198 valence electrons. The summed E-state index contributed by atoms with van der Waals surface area (Å²) in [4.78, 5) is 23.9. The number of thiazole rings is 1. The first kappa shape index (κ1) is 25.9. The van der Waals surface area contributed by atoms with Gasteiger partial charge >= 0.3 is 5.97 Å². The molecule has 0 spiro atoms. The van der Waals surface area contributed by atoms with Gasteiger partial charge in [0, 0.05) is 30.6 Å². The third kappa shape index (κ3) is 5.19. The SMILES string of the molecule is CCOC(=O)CN1C=CC=C(c2ccc3nc(CC)c(N(C)c4nc(-c5ccc(F)cc5)c(C#N)s4)n3c2)N1. The van der Waals surface area contributed by atoms with Crippen molar-refractivity contribution in [3.8, 4) is 17.3 Å². The number of esters is 1.